The van der Waals surface area contributed by atoms with E-state index < -0.39 is 23.6 Å². The first-order valence-electron chi connectivity index (χ1n) is 8.99. The highest BCUT2D eigenvalue weighted by atomic mass is 16.3. The molecule has 4 aromatic rings. The first-order chi connectivity index (χ1) is 14.6. The van der Waals surface area contributed by atoms with Gasteiger partial charge in [0.25, 0.3) is 23.6 Å². The number of imide groups is 2. The Morgan fingerprint density at radius 1 is 0.500 bits per heavy atom. The average molecular weight is 398 g/mol. The molecule has 2 aliphatic rings. The predicted octanol–water partition coefficient (Wildman–Crippen LogP) is 3.63. The molecular formula is C22H10N2O6. The summed E-state index contributed by atoms with van der Waals surface area (Å²) in [4.78, 5) is 54.5. The summed E-state index contributed by atoms with van der Waals surface area (Å²) in [5.41, 5.74) is 1.57. The fourth-order valence-corrected chi connectivity index (χ4v) is 4.11. The predicted molar refractivity (Wildman–Crippen MR) is 104 cm³/mol. The highest BCUT2D eigenvalue weighted by Crippen LogP contribution is 2.40. The Kier molecular flexibility index (Phi) is 3.05. The van der Waals surface area contributed by atoms with Crippen molar-refractivity contribution < 1.29 is 28.0 Å². The van der Waals surface area contributed by atoms with Crippen LogP contribution < -0.4 is 9.80 Å². The van der Waals surface area contributed by atoms with Crippen LogP contribution in [0.4, 0.5) is 11.4 Å². The van der Waals surface area contributed by atoms with Crippen LogP contribution in [0.25, 0.3) is 10.8 Å². The third-order valence-corrected chi connectivity index (χ3v) is 5.42. The molecule has 0 aliphatic carbocycles. The van der Waals surface area contributed by atoms with Gasteiger partial charge in [0, 0.05) is 45.2 Å². The molecule has 2 aromatic carbocycles. The quantitative estimate of drug-likeness (QED) is 0.478. The zero-order valence-electron chi connectivity index (χ0n) is 15.1. The molecular weight excluding hydrogens is 388 g/mol. The summed E-state index contributed by atoms with van der Waals surface area (Å²) in [5.74, 6) is -2.19. The molecule has 4 amide bonds. The zero-order valence-corrected chi connectivity index (χ0v) is 15.1. The molecule has 0 atom stereocenters. The van der Waals surface area contributed by atoms with Crippen LogP contribution in [0.1, 0.15) is 41.4 Å². The van der Waals surface area contributed by atoms with Gasteiger partial charge in [-0.25, -0.2) is 9.80 Å². The number of rotatable bonds is 2. The van der Waals surface area contributed by atoms with Crippen molar-refractivity contribution in [2.24, 2.45) is 0 Å². The number of furan rings is 2. The number of nitrogens with zero attached hydrogens (tertiary/aromatic N) is 2. The molecule has 2 aliphatic heterocycles. The van der Waals surface area contributed by atoms with Crippen LogP contribution in [0.2, 0.25) is 0 Å². The van der Waals surface area contributed by atoms with Gasteiger partial charge in [-0.3, -0.25) is 19.2 Å². The number of benzene rings is 2. The SMILES string of the molecule is O=C1c2ccc3c4c(ccc(c24)C(=O)N1c1ccoc1)C(=O)N(c1ccoc1)C3=O. The number of carbonyl (C=O) groups is 4. The Morgan fingerprint density at radius 3 is 1.10 bits per heavy atom. The molecule has 0 fully saturated rings. The normalized spacial score (nSPS) is 15.5. The molecule has 30 heavy (non-hydrogen) atoms. The number of carbonyl (C=O) groups excluding carboxylic acids is 4. The lowest BCUT2D eigenvalue weighted by Gasteiger charge is -2.30. The molecule has 8 nitrogen and oxygen atoms in total. The van der Waals surface area contributed by atoms with Gasteiger partial charge in [-0.05, 0) is 24.3 Å². The molecule has 144 valence electrons. The van der Waals surface area contributed by atoms with Crippen LogP contribution >= 0.6 is 0 Å². The second-order valence-corrected chi connectivity index (χ2v) is 6.93. The van der Waals surface area contributed by atoms with Crippen molar-refractivity contribution in [1.29, 1.82) is 0 Å². The largest absolute Gasteiger partial charge is 0.470 e. The van der Waals surface area contributed by atoms with Gasteiger partial charge in [-0.2, -0.15) is 0 Å². The summed E-state index contributed by atoms with van der Waals surface area (Å²) in [6.45, 7) is 0. The van der Waals surface area contributed by atoms with Crippen molar-refractivity contribution in [3.05, 3.63) is 83.7 Å². The Labute approximate surface area is 167 Å². The first kappa shape index (κ1) is 16.5. The van der Waals surface area contributed by atoms with Crippen LogP contribution in [-0.2, 0) is 0 Å². The van der Waals surface area contributed by atoms with E-state index in [9.17, 15) is 19.2 Å². The van der Waals surface area contributed by atoms with Crippen molar-refractivity contribution in [3.63, 3.8) is 0 Å². The second-order valence-electron chi connectivity index (χ2n) is 6.93. The average Bonchev–Trinajstić information content (AvgIpc) is 3.45. The topological polar surface area (TPSA) is 101 Å². The van der Waals surface area contributed by atoms with Crippen LogP contribution in [0.15, 0.2) is 70.3 Å². The Hall–Kier alpha value is -4.46. The van der Waals surface area contributed by atoms with Crippen molar-refractivity contribution >= 4 is 45.8 Å². The molecule has 0 saturated carbocycles. The summed E-state index contributed by atoms with van der Waals surface area (Å²) in [6.07, 6.45) is 5.35. The van der Waals surface area contributed by atoms with Crippen LogP contribution in [-0.4, -0.2) is 23.6 Å². The van der Waals surface area contributed by atoms with Gasteiger partial charge < -0.3 is 8.83 Å². The monoisotopic (exact) mass is 398 g/mol. The van der Waals surface area contributed by atoms with Crippen molar-refractivity contribution in [2.45, 2.75) is 0 Å². The Bertz CT molecular complexity index is 1240. The van der Waals surface area contributed by atoms with Gasteiger partial charge >= 0.3 is 0 Å². The number of anilines is 2. The van der Waals surface area contributed by atoms with E-state index in [1.165, 1.54) is 61.5 Å². The maximum absolute atomic E-state index is 13.1. The van der Waals surface area contributed by atoms with Crippen molar-refractivity contribution in [3.8, 4) is 0 Å². The number of hydrogen-bond donors (Lipinski definition) is 0. The van der Waals surface area contributed by atoms with Crippen molar-refractivity contribution in [2.75, 3.05) is 9.80 Å². The van der Waals surface area contributed by atoms with E-state index in [0.29, 0.717) is 22.1 Å². The molecule has 0 spiro atoms. The van der Waals surface area contributed by atoms with Gasteiger partial charge in [0.1, 0.15) is 12.5 Å². The maximum Gasteiger partial charge on any atom is 0.266 e. The lowest BCUT2D eigenvalue weighted by atomic mass is 9.86. The summed E-state index contributed by atoms with van der Waals surface area (Å²) < 4.78 is 10.0. The van der Waals surface area contributed by atoms with E-state index in [1.54, 1.807) is 0 Å². The maximum atomic E-state index is 13.1. The van der Waals surface area contributed by atoms with Crippen LogP contribution in [0.3, 0.4) is 0 Å². The minimum atomic E-state index is -0.547. The lowest BCUT2D eigenvalue weighted by molar-refractivity contribution is 0.0873. The Morgan fingerprint density at radius 2 is 0.833 bits per heavy atom. The molecule has 0 unspecified atom stereocenters. The molecule has 0 saturated heterocycles. The molecule has 0 bridgehead atoms. The molecule has 4 heterocycles. The number of hydrogen-bond acceptors (Lipinski definition) is 6. The fourth-order valence-electron chi connectivity index (χ4n) is 4.11. The summed E-state index contributed by atoms with van der Waals surface area (Å²) in [6, 6.07) is 9.06. The zero-order chi connectivity index (χ0) is 20.6. The van der Waals surface area contributed by atoms with E-state index in [1.807, 2.05) is 0 Å². The van der Waals surface area contributed by atoms with E-state index in [4.69, 9.17) is 8.83 Å². The lowest BCUT2D eigenvalue weighted by Crippen LogP contribution is -2.43. The van der Waals surface area contributed by atoms with Gasteiger partial charge in [0.2, 0.25) is 0 Å². The van der Waals surface area contributed by atoms with E-state index >= 15 is 0 Å². The summed E-state index contributed by atoms with van der Waals surface area (Å²) in [5, 5.41) is 0.626. The molecule has 2 aromatic heterocycles. The first-order valence-corrected chi connectivity index (χ1v) is 8.99. The van der Waals surface area contributed by atoms with Crippen molar-refractivity contribution in [1.82, 2.24) is 0 Å². The van der Waals surface area contributed by atoms with Crippen LogP contribution in [0.5, 0.6) is 0 Å². The third-order valence-electron chi connectivity index (χ3n) is 5.42. The van der Waals surface area contributed by atoms with Gasteiger partial charge in [0.15, 0.2) is 0 Å². The minimum absolute atomic E-state index is 0.240. The van der Waals surface area contributed by atoms with E-state index in [0.717, 1.165) is 9.80 Å². The molecule has 6 rings (SSSR count). The fraction of sp³-hybridized carbons (Fsp3) is 0. The summed E-state index contributed by atoms with van der Waals surface area (Å²) in [7, 11) is 0. The number of amides is 4. The van der Waals surface area contributed by atoms with E-state index in [-0.39, 0.29) is 22.3 Å². The minimum Gasteiger partial charge on any atom is -0.470 e. The molecule has 8 heteroatoms. The second kappa shape index (κ2) is 5.54. The summed E-state index contributed by atoms with van der Waals surface area (Å²) >= 11 is 0. The van der Waals surface area contributed by atoms with Gasteiger partial charge in [-0.1, -0.05) is 0 Å². The van der Waals surface area contributed by atoms with Gasteiger partial charge in [0.05, 0.1) is 23.9 Å². The highest BCUT2D eigenvalue weighted by Gasteiger charge is 2.40. The molecule has 0 radical (unpaired) electrons. The third kappa shape index (κ3) is 1.89. The molecule has 0 N–H and O–H groups in total. The van der Waals surface area contributed by atoms with E-state index in [2.05, 4.69) is 0 Å². The van der Waals surface area contributed by atoms with Gasteiger partial charge in [-0.15, -0.1) is 0 Å². The standard InChI is InChI=1S/C22H10N2O6/c25-19-13-1-2-14-18-16(22(28)24(20(14)26)12-6-8-30-10-12)4-3-15(17(13)18)21(27)23(19)11-5-7-29-9-11/h1-10H. The smallest absolute Gasteiger partial charge is 0.266 e. The highest BCUT2D eigenvalue weighted by molar-refractivity contribution is 6.42. The Balaban J connectivity index is 1.63. The van der Waals surface area contributed by atoms with Crippen LogP contribution in [0, 0.1) is 0 Å².